The zero-order valence-electron chi connectivity index (χ0n) is 19.0. The van der Waals surface area contributed by atoms with E-state index in [1.54, 1.807) is 7.11 Å². The summed E-state index contributed by atoms with van der Waals surface area (Å²) >= 11 is 0. The predicted octanol–water partition coefficient (Wildman–Crippen LogP) is 3.16. The first kappa shape index (κ1) is 23.1. The predicted molar refractivity (Wildman–Crippen MR) is 123 cm³/mol. The summed E-state index contributed by atoms with van der Waals surface area (Å²) in [6.07, 6.45) is 1.17. The van der Waals surface area contributed by atoms with E-state index >= 15 is 0 Å². The van der Waals surface area contributed by atoms with E-state index in [2.05, 4.69) is 29.1 Å². The number of nitrogens with one attached hydrogen (secondary N) is 1. The largest absolute Gasteiger partial charge is 0.493 e. The number of hydrogen-bond acceptors (Lipinski definition) is 5. The molecule has 0 saturated carbocycles. The molecule has 1 amide bonds. The fourth-order valence-electron chi connectivity index (χ4n) is 3.91. The van der Waals surface area contributed by atoms with Crippen molar-refractivity contribution in [2.24, 2.45) is 5.92 Å². The Hall–Kier alpha value is -2.57. The molecule has 0 aliphatic carbocycles. The molecule has 1 atom stereocenters. The number of ether oxygens (including phenoxy) is 2. The summed E-state index contributed by atoms with van der Waals surface area (Å²) in [5.41, 5.74) is 2.09. The zero-order valence-corrected chi connectivity index (χ0v) is 19.0. The summed E-state index contributed by atoms with van der Waals surface area (Å²) < 4.78 is 11.4. The standard InChI is InChI=1S/C25H35N3O3/c1-4-27(2)16-22-12-13-28(17-22)18-25(29)26-15-21-10-11-23(24(14-21)30-3)31-19-20-8-6-5-7-9-20/h5-11,14,22H,4,12-13,15-19H2,1-3H3,(H,26,29)/t22-/m0/s1. The summed E-state index contributed by atoms with van der Waals surface area (Å²) in [5, 5.41) is 3.03. The third-order valence-electron chi connectivity index (χ3n) is 5.80. The van der Waals surface area contributed by atoms with Crippen LogP contribution in [0.2, 0.25) is 0 Å². The van der Waals surface area contributed by atoms with Crippen molar-refractivity contribution >= 4 is 5.91 Å². The molecule has 2 aromatic carbocycles. The molecule has 0 radical (unpaired) electrons. The second kappa shape index (κ2) is 11.7. The SMILES string of the molecule is CCN(C)C[C@@H]1CCN(CC(=O)NCc2ccc(OCc3ccccc3)c(OC)c2)C1. The number of rotatable bonds is 11. The molecule has 0 unspecified atom stereocenters. The zero-order chi connectivity index (χ0) is 22.1. The highest BCUT2D eigenvalue weighted by Gasteiger charge is 2.24. The minimum atomic E-state index is 0.0628. The lowest BCUT2D eigenvalue weighted by Gasteiger charge is -2.20. The van der Waals surface area contributed by atoms with Gasteiger partial charge in [-0.15, -0.1) is 0 Å². The Balaban J connectivity index is 1.45. The van der Waals surface area contributed by atoms with Gasteiger partial charge in [0.2, 0.25) is 5.91 Å². The van der Waals surface area contributed by atoms with Crippen molar-refractivity contribution in [2.75, 3.05) is 46.9 Å². The van der Waals surface area contributed by atoms with Gasteiger partial charge in [0.25, 0.3) is 0 Å². The van der Waals surface area contributed by atoms with Gasteiger partial charge in [-0.2, -0.15) is 0 Å². The molecule has 1 aliphatic rings. The van der Waals surface area contributed by atoms with Gasteiger partial charge in [0.05, 0.1) is 13.7 Å². The first-order chi connectivity index (χ1) is 15.1. The van der Waals surface area contributed by atoms with E-state index in [0.717, 1.165) is 37.3 Å². The maximum absolute atomic E-state index is 12.4. The van der Waals surface area contributed by atoms with Gasteiger partial charge < -0.3 is 19.7 Å². The third kappa shape index (κ3) is 7.26. The number of benzene rings is 2. The smallest absolute Gasteiger partial charge is 0.234 e. The highest BCUT2D eigenvalue weighted by Crippen LogP contribution is 2.29. The summed E-state index contributed by atoms with van der Waals surface area (Å²) in [6.45, 7) is 7.76. The summed E-state index contributed by atoms with van der Waals surface area (Å²) in [5.74, 6) is 2.09. The van der Waals surface area contributed by atoms with Crippen LogP contribution in [0.3, 0.4) is 0 Å². The fraction of sp³-hybridized carbons (Fsp3) is 0.480. The van der Waals surface area contributed by atoms with Crippen LogP contribution in [-0.4, -0.2) is 62.6 Å². The molecule has 31 heavy (non-hydrogen) atoms. The lowest BCUT2D eigenvalue weighted by Crippen LogP contribution is -2.36. The number of carbonyl (C=O) groups excluding carboxylic acids is 1. The molecule has 168 valence electrons. The average Bonchev–Trinajstić information content (AvgIpc) is 3.23. The number of amides is 1. The van der Waals surface area contributed by atoms with E-state index in [1.807, 2.05) is 48.5 Å². The molecule has 6 nitrogen and oxygen atoms in total. The summed E-state index contributed by atoms with van der Waals surface area (Å²) in [7, 11) is 3.79. The highest BCUT2D eigenvalue weighted by molar-refractivity contribution is 5.78. The van der Waals surface area contributed by atoms with Crippen molar-refractivity contribution in [1.29, 1.82) is 0 Å². The Kier molecular flexibility index (Phi) is 8.74. The van der Waals surface area contributed by atoms with Gasteiger partial charge in [-0.1, -0.05) is 43.3 Å². The maximum atomic E-state index is 12.4. The first-order valence-corrected chi connectivity index (χ1v) is 11.1. The van der Waals surface area contributed by atoms with E-state index in [4.69, 9.17) is 9.47 Å². The Morgan fingerprint density at radius 1 is 1.16 bits per heavy atom. The van der Waals surface area contributed by atoms with Crippen LogP contribution in [-0.2, 0) is 17.9 Å². The second-order valence-electron chi connectivity index (χ2n) is 8.28. The Morgan fingerprint density at radius 3 is 2.71 bits per heavy atom. The van der Waals surface area contributed by atoms with Crippen LogP contribution in [0, 0.1) is 5.92 Å². The molecule has 6 heteroatoms. The van der Waals surface area contributed by atoms with Crippen LogP contribution < -0.4 is 14.8 Å². The van der Waals surface area contributed by atoms with Crippen LogP contribution in [0.15, 0.2) is 48.5 Å². The van der Waals surface area contributed by atoms with Gasteiger partial charge in [-0.05, 0) is 55.7 Å². The van der Waals surface area contributed by atoms with Crippen molar-refractivity contribution in [2.45, 2.75) is 26.5 Å². The Morgan fingerprint density at radius 2 is 1.97 bits per heavy atom. The lowest BCUT2D eigenvalue weighted by atomic mass is 10.1. The van der Waals surface area contributed by atoms with E-state index in [0.29, 0.717) is 37.1 Å². The van der Waals surface area contributed by atoms with E-state index < -0.39 is 0 Å². The molecular weight excluding hydrogens is 390 g/mol. The molecule has 0 spiro atoms. The van der Waals surface area contributed by atoms with E-state index in [9.17, 15) is 4.79 Å². The Bertz CT molecular complexity index is 828. The monoisotopic (exact) mass is 425 g/mol. The minimum absolute atomic E-state index is 0.0628. The van der Waals surface area contributed by atoms with Gasteiger partial charge in [0.15, 0.2) is 11.5 Å². The molecule has 0 bridgehead atoms. The molecule has 1 N–H and O–H groups in total. The van der Waals surface area contributed by atoms with E-state index in [-0.39, 0.29) is 5.91 Å². The van der Waals surface area contributed by atoms with Crippen molar-refractivity contribution in [3.8, 4) is 11.5 Å². The first-order valence-electron chi connectivity index (χ1n) is 11.1. The van der Waals surface area contributed by atoms with Gasteiger partial charge in [0.1, 0.15) is 6.61 Å². The van der Waals surface area contributed by atoms with Crippen molar-refractivity contribution in [3.63, 3.8) is 0 Å². The van der Waals surface area contributed by atoms with Crippen molar-refractivity contribution in [3.05, 3.63) is 59.7 Å². The topological polar surface area (TPSA) is 54.0 Å². The summed E-state index contributed by atoms with van der Waals surface area (Å²) in [6, 6.07) is 15.8. The maximum Gasteiger partial charge on any atom is 0.234 e. The van der Waals surface area contributed by atoms with E-state index in [1.165, 1.54) is 6.42 Å². The fourth-order valence-corrected chi connectivity index (χ4v) is 3.91. The van der Waals surface area contributed by atoms with Crippen molar-refractivity contribution < 1.29 is 14.3 Å². The minimum Gasteiger partial charge on any atom is -0.493 e. The number of methoxy groups -OCH3 is 1. The van der Waals surface area contributed by atoms with Crippen LogP contribution in [0.1, 0.15) is 24.5 Å². The van der Waals surface area contributed by atoms with Crippen LogP contribution >= 0.6 is 0 Å². The molecule has 1 aliphatic heterocycles. The van der Waals surface area contributed by atoms with Crippen molar-refractivity contribution in [1.82, 2.24) is 15.1 Å². The molecule has 1 heterocycles. The number of likely N-dealkylation sites (tertiary alicyclic amines) is 1. The van der Waals surface area contributed by atoms with Gasteiger partial charge in [-0.3, -0.25) is 9.69 Å². The molecule has 0 aromatic heterocycles. The molecule has 3 rings (SSSR count). The third-order valence-corrected chi connectivity index (χ3v) is 5.80. The molecule has 2 aromatic rings. The number of nitrogens with zero attached hydrogens (tertiary/aromatic N) is 2. The van der Waals surface area contributed by atoms with Crippen LogP contribution in [0.25, 0.3) is 0 Å². The van der Waals surface area contributed by atoms with Gasteiger partial charge in [0, 0.05) is 19.6 Å². The average molecular weight is 426 g/mol. The molecular formula is C25H35N3O3. The van der Waals surface area contributed by atoms with Crippen LogP contribution in [0.5, 0.6) is 11.5 Å². The molecule has 1 fully saturated rings. The summed E-state index contributed by atoms with van der Waals surface area (Å²) in [4.78, 5) is 17.0. The highest BCUT2D eigenvalue weighted by atomic mass is 16.5. The quantitative estimate of drug-likeness (QED) is 0.599. The van der Waals surface area contributed by atoms with Gasteiger partial charge >= 0.3 is 0 Å². The van der Waals surface area contributed by atoms with Gasteiger partial charge in [-0.25, -0.2) is 0 Å². The Labute approximate surface area is 186 Å². The number of carbonyl (C=O) groups is 1. The second-order valence-corrected chi connectivity index (χ2v) is 8.28. The van der Waals surface area contributed by atoms with Crippen LogP contribution in [0.4, 0.5) is 0 Å². The number of hydrogen-bond donors (Lipinski definition) is 1. The molecule has 1 saturated heterocycles. The normalized spacial score (nSPS) is 16.5. The lowest BCUT2D eigenvalue weighted by molar-refractivity contribution is -0.122.